The second kappa shape index (κ2) is 9.48. The first-order chi connectivity index (χ1) is 12.8. The van der Waals surface area contributed by atoms with Crippen molar-refractivity contribution in [2.45, 2.75) is 13.3 Å². The van der Waals surface area contributed by atoms with Crippen molar-refractivity contribution in [3.8, 4) is 5.75 Å². The van der Waals surface area contributed by atoms with Gasteiger partial charge in [-0.05, 0) is 37.1 Å². The maximum atomic E-state index is 13.7. The Morgan fingerprint density at radius 3 is 2.48 bits per heavy atom. The van der Waals surface area contributed by atoms with Crippen LogP contribution in [0.3, 0.4) is 0 Å². The van der Waals surface area contributed by atoms with Gasteiger partial charge >= 0.3 is 0 Å². The highest BCUT2D eigenvalue weighted by Gasteiger charge is 2.21. The Morgan fingerprint density at radius 1 is 1.15 bits per heavy atom. The number of hydrogen-bond donors (Lipinski definition) is 1. The van der Waals surface area contributed by atoms with Crippen LogP contribution in [-0.2, 0) is 21.2 Å². The molecule has 0 aliphatic carbocycles. The van der Waals surface area contributed by atoms with Crippen LogP contribution in [0.5, 0.6) is 5.75 Å². The van der Waals surface area contributed by atoms with Crippen LogP contribution in [-0.4, -0.2) is 44.6 Å². The van der Waals surface area contributed by atoms with Crippen LogP contribution in [0.25, 0.3) is 0 Å². The summed E-state index contributed by atoms with van der Waals surface area (Å²) in [5.74, 6) is -0.396. The van der Waals surface area contributed by atoms with Crippen LogP contribution >= 0.6 is 0 Å². The van der Waals surface area contributed by atoms with Gasteiger partial charge in [0.15, 0.2) is 0 Å². The van der Waals surface area contributed by atoms with Gasteiger partial charge in [-0.15, -0.1) is 0 Å². The zero-order valence-corrected chi connectivity index (χ0v) is 16.1. The maximum absolute atomic E-state index is 13.7. The van der Waals surface area contributed by atoms with Crippen molar-refractivity contribution in [3.63, 3.8) is 0 Å². The number of hydrogen-bond acceptors (Lipinski definition) is 4. The summed E-state index contributed by atoms with van der Waals surface area (Å²) in [5.41, 5.74) is 0.861. The fourth-order valence-electron chi connectivity index (χ4n) is 2.51. The first-order valence-electron chi connectivity index (χ1n) is 8.51. The number of benzene rings is 2. The zero-order chi connectivity index (χ0) is 19.9. The summed E-state index contributed by atoms with van der Waals surface area (Å²) < 4.78 is 44.3. The minimum absolute atomic E-state index is 0.000291. The summed E-state index contributed by atoms with van der Waals surface area (Å²) in [6.07, 6.45) is 1.19. The minimum Gasteiger partial charge on any atom is -0.492 e. The first-order valence-corrected chi connectivity index (χ1v) is 10.4. The third-order valence-electron chi connectivity index (χ3n) is 3.84. The highest BCUT2D eigenvalue weighted by atomic mass is 32.2. The van der Waals surface area contributed by atoms with Crippen molar-refractivity contribution in [1.29, 1.82) is 0 Å². The molecule has 2 aromatic carbocycles. The van der Waals surface area contributed by atoms with Gasteiger partial charge in [-0.25, -0.2) is 12.8 Å². The standard InChI is InChI=1S/C19H23FN2O4S/c1-3-26-18-11-7-6-10-17(18)21-19(23)14-22(27(2,24)25)13-12-15-8-4-5-9-16(15)20/h4-11H,3,12-14H2,1-2H3,(H,21,23). The van der Waals surface area contributed by atoms with Crippen LogP contribution in [0.1, 0.15) is 12.5 Å². The third-order valence-corrected chi connectivity index (χ3v) is 5.09. The fourth-order valence-corrected chi connectivity index (χ4v) is 3.28. The van der Waals surface area contributed by atoms with Gasteiger partial charge < -0.3 is 10.1 Å². The first kappa shape index (κ1) is 20.9. The summed E-state index contributed by atoms with van der Waals surface area (Å²) in [7, 11) is -3.64. The van der Waals surface area contributed by atoms with Gasteiger partial charge in [-0.3, -0.25) is 4.79 Å². The molecule has 2 rings (SSSR count). The fraction of sp³-hybridized carbons (Fsp3) is 0.316. The van der Waals surface area contributed by atoms with Crippen LogP contribution < -0.4 is 10.1 Å². The van der Waals surface area contributed by atoms with Gasteiger partial charge in [0.1, 0.15) is 11.6 Å². The molecule has 0 saturated carbocycles. The Hall–Kier alpha value is -2.45. The van der Waals surface area contributed by atoms with E-state index in [1.54, 1.807) is 42.5 Å². The highest BCUT2D eigenvalue weighted by molar-refractivity contribution is 7.88. The van der Waals surface area contributed by atoms with Crippen LogP contribution in [0.2, 0.25) is 0 Å². The van der Waals surface area contributed by atoms with Gasteiger partial charge in [0, 0.05) is 6.54 Å². The molecule has 2 aromatic rings. The molecule has 0 heterocycles. The Labute approximate surface area is 159 Å². The lowest BCUT2D eigenvalue weighted by Gasteiger charge is -2.20. The second-order valence-electron chi connectivity index (χ2n) is 5.92. The second-order valence-corrected chi connectivity index (χ2v) is 7.90. The molecule has 0 aromatic heterocycles. The minimum atomic E-state index is -3.64. The molecule has 0 radical (unpaired) electrons. The molecule has 0 fully saturated rings. The number of para-hydroxylation sites is 2. The number of rotatable bonds is 9. The van der Waals surface area contributed by atoms with Crippen molar-refractivity contribution in [1.82, 2.24) is 4.31 Å². The normalized spacial score (nSPS) is 11.4. The molecular weight excluding hydrogens is 371 g/mol. The number of carbonyl (C=O) groups is 1. The summed E-state index contributed by atoms with van der Waals surface area (Å²) >= 11 is 0. The van der Waals surface area contributed by atoms with Gasteiger partial charge in [0.2, 0.25) is 15.9 Å². The number of carbonyl (C=O) groups excluding carboxylic acids is 1. The predicted molar refractivity (Wildman–Crippen MR) is 103 cm³/mol. The Balaban J connectivity index is 2.06. The van der Waals surface area contributed by atoms with Gasteiger partial charge in [0.25, 0.3) is 0 Å². The van der Waals surface area contributed by atoms with Crippen LogP contribution in [0.4, 0.5) is 10.1 Å². The van der Waals surface area contributed by atoms with Crippen molar-refractivity contribution in [2.75, 3.05) is 31.3 Å². The molecule has 6 nitrogen and oxygen atoms in total. The number of halogens is 1. The molecule has 146 valence electrons. The number of sulfonamides is 1. The van der Waals surface area contributed by atoms with E-state index in [2.05, 4.69) is 5.32 Å². The maximum Gasteiger partial charge on any atom is 0.239 e. The van der Waals surface area contributed by atoms with E-state index in [-0.39, 0.29) is 19.5 Å². The lowest BCUT2D eigenvalue weighted by molar-refractivity contribution is -0.116. The van der Waals surface area contributed by atoms with Crippen molar-refractivity contribution in [3.05, 3.63) is 59.9 Å². The number of nitrogens with one attached hydrogen (secondary N) is 1. The molecule has 0 unspecified atom stereocenters. The molecule has 1 amide bonds. The summed E-state index contributed by atoms with van der Waals surface area (Å²) in [5, 5.41) is 2.66. The van der Waals surface area contributed by atoms with E-state index in [1.165, 1.54) is 6.07 Å². The molecule has 0 aliphatic rings. The Morgan fingerprint density at radius 2 is 1.81 bits per heavy atom. The monoisotopic (exact) mass is 394 g/mol. The molecule has 1 N–H and O–H groups in total. The lowest BCUT2D eigenvalue weighted by atomic mass is 10.1. The van der Waals surface area contributed by atoms with E-state index in [9.17, 15) is 17.6 Å². The molecular formula is C19H23FN2O4S. The van der Waals surface area contributed by atoms with Crippen LogP contribution in [0.15, 0.2) is 48.5 Å². The van der Waals surface area contributed by atoms with Crippen molar-refractivity contribution in [2.24, 2.45) is 0 Å². The molecule has 0 spiro atoms. The van der Waals surface area contributed by atoms with E-state index in [0.29, 0.717) is 23.6 Å². The van der Waals surface area contributed by atoms with E-state index < -0.39 is 21.7 Å². The third kappa shape index (κ3) is 6.33. The average molecular weight is 394 g/mol. The number of ether oxygens (including phenoxy) is 1. The van der Waals surface area contributed by atoms with Gasteiger partial charge in [-0.2, -0.15) is 4.31 Å². The molecule has 0 bridgehead atoms. The van der Waals surface area contributed by atoms with Crippen molar-refractivity contribution < 1.29 is 22.3 Å². The van der Waals surface area contributed by atoms with E-state index in [0.717, 1.165) is 10.6 Å². The van der Waals surface area contributed by atoms with Gasteiger partial charge in [-0.1, -0.05) is 30.3 Å². The summed E-state index contributed by atoms with van der Waals surface area (Å²) in [4.78, 5) is 12.4. The predicted octanol–water partition coefficient (Wildman–Crippen LogP) is 2.67. The van der Waals surface area contributed by atoms with E-state index in [1.807, 2.05) is 6.92 Å². The highest BCUT2D eigenvalue weighted by Crippen LogP contribution is 2.23. The summed E-state index contributed by atoms with van der Waals surface area (Å²) in [6, 6.07) is 13.1. The van der Waals surface area contributed by atoms with E-state index in [4.69, 9.17) is 4.74 Å². The topological polar surface area (TPSA) is 75.7 Å². The number of anilines is 1. The van der Waals surface area contributed by atoms with E-state index >= 15 is 0 Å². The van der Waals surface area contributed by atoms with Crippen molar-refractivity contribution >= 4 is 21.6 Å². The Kier molecular flexibility index (Phi) is 7.32. The molecule has 27 heavy (non-hydrogen) atoms. The summed E-state index contributed by atoms with van der Waals surface area (Å²) in [6.45, 7) is 1.89. The molecule has 0 atom stereocenters. The average Bonchev–Trinajstić information content (AvgIpc) is 2.61. The van der Waals surface area contributed by atoms with Crippen LogP contribution in [0, 0.1) is 5.82 Å². The van der Waals surface area contributed by atoms with Gasteiger partial charge in [0.05, 0.1) is 25.1 Å². The zero-order valence-electron chi connectivity index (χ0n) is 15.3. The largest absolute Gasteiger partial charge is 0.492 e. The molecule has 0 saturated heterocycles. The molecule has 0 aliphatic heterocycles. The lowest BCUT2D eigenvalue weighted by Crippen LogP contribution is -2.38. The Bertz CT molecular complexity index is 887. The SMILES string of the molecule is CCOc1ccccc1NC(=O)CN(CCc1ccccc1F)S(C)(=O)=O. The molecule has 8 heteroatoms. The smallest absolute Gasteiger partial charge is 0.239 e. The number of amides is 1. The quantitative estimate of drug-likeness (QED) is 0.710. The number of nitrogens with zero attached hydrogens (tertiary/aromatic N) is 1.